The minimum Gasteiger partial charge on any atom is -0.356 e. The first-order chi connectivity index (χ1) is 10.2. The fourth-order valence-electron chi connectivity index (χ4n) is 3.00. The number of carbonyl (C=O) groups excluding carboxylic acids is 1. The zero-order valence-corrected chi connectivity index (χ0v) is 12.3. The summed E-state index contributed by atoms with van der Waals surface area (Å²) in [4.78, 5) is 14.4. The van der Waals surface area contributed by atoms with E-state index in [1.807, 2.05) is 29.2 Å². The summed E-state index contributed by atoms with van der Waals surface area (Å²) < 4.78 is 5.26. The molecule has 2 atom stereocenters. The molecule has 1 aromatic heterocycles. The van der Waals surface area contributed by atoms with Gasteiger partial charge in [0.2, 0.25) is 5.91 Å². The molecule has 112 valence electrons. The number of piperidine rings is 1. The van der Waals surface area contributed by atoms with E-state index in [1.54, 1.807) is 0 Å². The molecule has 1 saturated heterocycles. The molecule has 0 bridgehead atoms. The van der Waals surface area contributed by atoms with E-state index in [-0.39, 0.29) is 5.91 Å². The number of fused-ring (bicyclic) bond motifs is 1. The molecule has 0 radical (unpaired) electrons. The Labute approximate surface area is 124 Å². The minimum atomic E-state index is 0.111. The van der Waals surface area contributed by atoms with E-state index in [4.69, 9.17) is 10.3 Å². The standard InChI is InChI=1S/C16H21N3O2/c1-11-6-7-19(10-12(11)9-17)16(20)8-14-13-4-2-3-5-15(13)21-18-14/h2-5,11-12H,6-10,17H2,1H3. The second-order valence-electron chi connectivity index (χ2n) is 5.90. The Hall–Kier alpha value is -1.88. The largest absolute Gasteiger partial charge is 0.356 e. The van der Waals surface area contributed by atoms with Gasteiger partial charge >= 0.3 is 0 Å². The molecule has 2 heterocycles. The predicted octanol–water partition coefficient (Wildman–Crippen LogP) is 1.81. The molecule has 21 heavy (non-hydrogen) atoms. The maximum Gasteiger partial charge on any atom is 0.228 e. The molecule has 0 aliphatic carbocycles. The van der Waals surface area contributed by atoms with Gasteiger partial charge in [0, 0.05) is 18.5 Å². The van der Waals surface area contributed by atoms with Crippen molar-refractivity contribution in [2.45, 2.75) is 19.8 Å². The summed E-state index contributed by atoms with van der Waals surface area (Å²) in [5.41, 5.74) is 7.25. The molecular formula is C16H21N3O2. The number of carbonyl (C=O) groups is 1. The lowest BCUT2D eigenvalue weighted by Gasteiger charge is -2.36. The average molecular weight is 287 g/mol. The van der Waals surface area contributed by atoms with E-state index in [2.05, 4.69) is 12.1 Å². The molecule has 2 unspecified atom stereocenters. The van der Waals surface area contributed by atoms with Crippen LogP contribution in [0.3, 0.4) is 0 Å². The van der Waals surface area contributed by atoms with Crippen LogP contribution in [0.4, 0.5) is 0 Å². The number of para-hydroxylation sites is 1. The van der Waals surface area contributed by atoms with Gasteiger partial charge in [-0.15, -0.1) is 0 Å². The van der Waals surface area contributed by atoms with Gasteiger partial charge in [-0.1, -0.05) is 24.2 Å². The molecule has 5 nitrogen and oxygen atoms in total. The number of likely N-dealkylation sites (tertiary alicyclic amines) is 1. The van der Waals surface area contributed by atoms with Crippen molar-refractivity contribution in [2.24, 2.45) is 17.6 Å². The summed E-state index contributed by atoms with van der Waals surface area (Å²) in [5.74, 6) is 1.10. The van der Waals surface area contributed by atoms with Crippen LogP contribution in [0.2, 0.25) is 0 Å². The van der Waals surface area contributed by atoms with Crippen LogP contribution in [-0.4, -0.2) is 35.6 Å². The van der Waals surface area contributed by atoms with E-state index < -0.39 is 0 Å². The van der Waals surface area contributed by atoms with Gasteiger partial charge in [0.15, 0.2) is 5.58 Å². The zero-order chi connectivity index (χ0) is 14.8. The highest BCUT2D eigenvalue weighted by Gasteiger charge is 2.28. The second-order valence-corrected chi connectivity index (χ2v) is 5.90. The quantitative estimate of drug-likeness (QED) is 0.934. The second kappa shape index (κ2) is 5.85. The van der Waals surface area contributed by atoms with Crippen LogP contribution in [-0.2, 0) is 11.2 Å². The van der Waals surface area contributed by atoms with E-state index in [0.717, 1.165) is 36.2 Å². The van der Waals surface area contributed by atoms with Gasteiger partial charge in [0.1, 0.15) is 5.69 Å². The molecule has 2 N–H and O–H groups in total. The van der Waals surface area contributed by atoms with Crippen molar-refractivity contribution >= 4 is 16.9 Å². The van der Waals surface area contributed by atoms with Gasteiger partial charge in [-0.05, 0) is 36.9 Å². The monoisotopic (exact) mass is 287 g/mol. The summed E-state index contributed by atoms with van der Waals surface area (Å²) in [7, 11) is 0. The van der Waals surface area contributed by atoms with Gasteiger partial charge in [0.25, 0.3) is 0 Å². The third-order valence-corrected chi connectivity index (χ3v) is 4.54. The number of nitrogens with zero attached hydrogens (tertiary/aromatic N) is 2. The molecule has 1 aliphatic rings. The van der Waals surface area contributed by atoms with Gasteiger partial charge in [-0.2, -0.15) is 0 Å². The smallest absolute Gasteiger partial charge is 0.228 e. The molecule has 1 aromatic carbocycles. The highest BCUT2D eigenvalue weighted by atomic mass is 16.5. The first-order valence-electron chi connectivity index (χ1n) is 7.50. The zero-order valence-electron chi connectivity index (χ0n) is 12.3. The van der Waals surface area contributed by atoms with Crippen LogP contribution in [0.5, 0.6) is 0 Å². The normalized spacial score (nSPS) is 22.7. The van der Waals surface area contributed by atoms with Crippen LogP contribution >= 0.6 is 0 Å². The number of hydrogen-bond acceptors (Lipinski definition) is 4. The Morgan fingerprint density at radius 2 is 2.29 bits per heavy atom. The van der Waals surface area contributed by atoms with E-state index in [0.29, 0.717) is 24.8 Å². The number of benzene rings is 1. The van der Waals surface area contributed by atoms with Crippen LogP contribution < -0.4 is 5.73 Å². The lowest BCUT2D eigenvalue weighted by atomic mass is 9.87. The Morgan fingerprint density at radius 3 is 3.10 bits per heavy atom. The molecule has 2 aromatic rings. The molecule has 3 rings (SSSR count). The molecule has 0 saturated carbocycles. The first kappa shape index (κ1) is 14.1. The Morgan fingerprint density at radius 1 is 1.48 bits per heavy atom. The molecule has 1 amide bonds. The summed E-state index contributed by atoms with van der Waals surface area (Å²) in [6.45, 7) is 4.42. The molecule has 0 spiro atoms. The highest BCUT2D eigenvalue weighted by molar-refractivity contribution is 5.86. The van der Waals surface area contributed by atoms with E-state index in [9.17, 15) is 4.79 Å². The Bertz CT molecular complexity index is 637. The van der Waals surface area contributed by atoms with Crippen molar-refractivity contribution in [3.63, 3.8) is 0 Å². The maximum atomic E-state index is 12.5. The Balaban J connectivity index is 1.71. The van der Waals surface area contributed by atoms with Gasteiger partial charge < -0.3 is 15.2 Å². The number of rotatable bonds is 3. The first-order valence-corrected chi connectivity index (χ1v) is 7.50. The number of amides is 1. The van der Waals surface area contributed by atoms with Gasteiger partial charge in [0.05, 0.1) is 6.42 Å². The van der Waals surface area contributed by atoms with E-state index >= 15 is 0 Å². The molecular weight excluding hydrogens is 266 g/mol. The lowest BCUT2D eigenvalue weighted by molar-refractivity contribution is -0.133. The SMILES string of the molecule is CC1CCN(C(=O)Cc2noc3ccccc23)CC1CN. The summed E-state index contributed by atoms with van der Waals surface area (Å²) in [6.07, 6.45) is 1.32. The van der Waals surface area contributed by atoms with Crippen LogP contribution in [0.1, 0.15) is 19.0 Å². The third kappa shape index (κ3) is 2.78. The summed E-state index contributed by atoms with van der Waals surface area (Å²) in [6, 6.07) is 7.64. The summed E-state index contributed by atoms with van der Waals surface area (Å²) >= 11 is 0. The highest BCUT2D eigenvalue weighted by Crippen LogP contribution is 2.24. The van der Waals surface area contributed by atoms with E-state index in [1.165, 1.54) is 0 Å². The van der Waals surface area contributed by atoms with Crippen molar-refractivity contribution in [3.8, 4) is 0 Å². The van der Waals surface area contributed by atoms with Crippen LogP contribution in [0.25, 0.3) is 11.0 Å². The predicted molar refractivity (Wildman–Crippen MR) is 80.6 cm³/mol. The number of nitrogens with two attached hydrogens (primary N) is 1. The van der Waals surface area contributed by atoms with Crippen LogP contribution in [0.15, 0.2) is 28.8 Å². The van der Waals surface area contributed by atoms with Crippen molar-refractivity contribution in [3.05, 3.63) is 30.0 Å². The molecule has 1 aliphatic heterocycles. The molecule has 1 fully saturated rings. The lowest BCUT2D eigenvalue weighted by Crippen LogP contribution is -2.46. The number of hydrogen-bond donors (Lipinski definition) is 1. The van der Waals surface area contributed by atoms with Crippen molar-refractivity contribution < 1.29 is 9.32 Å². The van der Waals surface area contributed by atoms with Gasteiger partial charge in [-0.3, -0.25) is 4.79 Å². The van der Waals surface area contributed by atoms with Gasteiger partial charge in [-0.25, -0.2) is 0 Å². The van der Waals surface area contributed by atoms with Crippen LogP contribution in [0, 0.1) is 11.8 Å². The minimum absolute atomic E-state index is 0.111. The summed E-state index contributed by atoms with van der Waals surface area (Å²) in [5, 5.41) is 4.96. The van der Waals surface area contributed by atoms with Crippen molar-refractivity contribution in [2.75, 3.05) is 19.6 Å². The maximum absolute atomic E-state index is 12.5. The number of aromatic nitrogens is 1. The molecule has 5 heteroatoms. The average Bonchev–Trinajstić information content (AvgIpc) is 2.91. The topological polar surface area (TPSA) is 72.4 Å². The Kier molecular flexibility index (Phi) is 3.92. The third-order valence-electron chi connectivity index (χ3n) is 4.54. The van der Waals surface area contributed by atoms with Crippen molar-refractivity contribution in [1.29, 1.82) is 0 Å². The fourth-order valence-corrected chi connectivity index (χ4v) is 3.00. The van der Waals surface area contributed by atoms with Crippen molar-refractivity contribution in [1.82, 2.24) is 10.1 Å². The fraction of sp³-hybridized carbons (Fsp3) is 0.500.